The van der Waals surface area contributed by atoms with Crippen LogP contribution in [0, 0.1) is 19.8 Å². The third kappa shape index (κ3) is 3.72. The Bertz CT molecular complexity index is 1120. The van der Waals surface area contributed by atoms with Crippen molar-refractivity contribution in [3.05, 3.63) is 47.3 Å². The molecular formula is C22H26N6O2. The first-order valence-electron chi connectivity index (χ1n) is 10.1. The molecule has 1 aliphatic heterocycles. The Hall–Kier alpha value is -3.42. The molecule has 156 valence electrons. The number of nitrogens with two attached hydrogens (primary N) is 1. The first-order chi connectivity index (χ1) is 14.3. The molecule has 0 spiro atoms. The van der Waals surface area contributed by atoms with Crippen LogP contribution in [-0.2, 0) is 9.59 Å². The van der Waals surface area contributed by atoms with E-state index in [0.29, 0.717) is 24.0 Å². The molecular weight excluding hydrogens is 380 g/mol. The lowest BCUT2D eigenvalue weighted by atomic mass is 9.89. The number of piperidine rings is 1. The number of aromatic nitrogens is 3. The average molecular weight is 406 g/mol. The van der Waals surface area contributed by atoms with Crippen LogP contribution in [-0.4, -0.2) is 38.4 Å². The highest BCUT2D eigenvalue weighted by Crippen LogP contribution is 2.35. The number of amides is 2. The average Bonchev–Trinajstić information content (AvgIpc) is 3.10. The summed E-state index contributed by atoms with van der Waals surface area (Å²) in [6.45, 7) is 6.44. The summed E-state index contributed by atoms with van der Waals surface area (Å²) in [7, 11) is 0. The Balaban J connectivity index is 1.59. The molecule has 1 aromatic carbocycles. The van der Waals surface area contributed by atoms with E-state index >= 15 is 0 Å². The van der Waals surface area contributed by atoms with Crippen molar-refractivity contribution >= 4 is 34.2 Å². The molecule has 0 unspecified atom stereocenters. The Morgan fingerprint density at radius 3 is 2.80 bits per heavy atom. The minimum absolute atomic E-state index is 0.184. The predicted octanol–water partition coefficient (Wildman–Crippen LogP) is 3.10. The second kappa shape index (κ2) is 7.78. The lowest BCUT2D eigenvalue weighted by Crippen LogP contribution is -2.46. The van der Waals surface area contributed by atoms with Crippen molar-refractivity contribution in [3.8, 4) is 0 Å². The molecule has 2 aromatic heterocycles. The van der Waals surface area contributed by atoms with E-state index in [1.54, 1.807) is 11.1 Å². The van der Waals surface area contributed by atoms with Crippen LogP contribution in [0.1, 0.15) is 42.6 Å². The third-order valence-corrected chi connectivity index (χ3v) is 5.87. The summed E-state index contributed by atoms with van der Waals surface area (Å²) in [5.74, 6) is -0.439. The van der Waals surface area contributed by atoms with Gasteiger partial charge in [-0.05, 0) is 61.9 Å². The first kappa shape index (κ1) is 19.9. The number of nitrogens with one attached hydrogen (secondary N) is 2. The number of pyridine rings is 1. The highest BCUT2D eigenvalue weighted by Gasteiger charge is 2.34. The maximum atomic E-state index is 13.1. The van der Waals surface area contributed by atoms with Crippen LogP contribution < -0.4 is 11.1 Å². The number of likely N-dealkylation sites (tertiary alicyclic amines) is 1. The molecule has 3 heterocycles. The largest absolute Gasteiger partial charge is 0.382 e. The van der Waals surface area contributed by atoms with E-state index in [1.807, 2.05) is 38.1 Å². The molecule has 1 aliphatic rings. The number of hydrogen-bond donors (Lipinski definition) is 3. The van der Waals surface area contributed by atoms with Gasteiger partial charge in [0.2, 0.25) is 0 Å². The van der Waals surface area contributed by atoms with E-state index in [2.05, 4.69) is 27.4 Å². The zero-order valence-corrected chi connectivity index (χ0v) is 17.4. The monoisotopic (exact) mass is 406 g/mol. The molecule has 30 heavy (non-hydrogen) atoms. The van der Waals surface area contributed by atoms with Gasteiger partial charge in [0.1, 0.15) is 0 Å². The highest BCUT2D eigenvalue weighted by atomic mass is 16.2. The van der Waals surface area contributed by atoms with Gasteiger partial charge in [0.05, 0.1) is 23.4 Å². The van der Waals surface area contributed by atoms with Gasteiger partial charge in [-0.1, -0.05) is 13.0 Å². The van der Waals surface area contributed by atoms with Gasteiger partial charge in [-0.3, -0.25) is 19.7 Å². The van der Waals surface area contributed by atoms with Gasteiger partial charge in [-0.25, -0.2) is 0 Å². The number of rotatable bonds is 2. The smallest absolute Gasteiger partial charge is 0.313 e. The number of carbonyl (C=O) groups is 2. The van der Waals surface area contributed by atoms with Crippen LogP contribution in [0.2, 0.25) is 0 Å². The maximum Gasteiger partial charge on any atom is 0.313 e. The standard InChI is InChI=1S/C22H26N6O2/c1-12-4-7-19(15-5-6-18-17(9-15)20(23)27-26-18)28(11-12)22(30)21(29)25-16-8-13(2)14(3)24-10-16/h5-6,8-10,12,19H,4,7,11H2,1-3H3,(H,25,29)(H3,23,26,27)/t12-,19+/m0/s1. The van der Waals surface area contributed by atoms with E-state index in [1.165, 1.54) is 0 Å². The van der Waals surface area contributed by atoms with Crippen molar-refractivity contribution < 1.29 is 9.59 Å². The quantitative estimate of drug-likeness (QED) is 0.565. The number of aryl methyl sites for hydroxylation is 2. The second-order valence-electron chi connectivity index (χ2n) is 8.15. The number of H-pyrrole nitrogens is 1. The molecule has 2 atom stereocenters. The number of aromatic amines is 1. The molecule has 4 rings (SSSR count). The highest BCUT2D eigenvalue weighted by molar-refractivity contribution is 6.39. The van der Waals surface area contributed by atoms with Gasteiger partial charge in [-0.15, -0.1) is 0 Å². The lowest BCUT2D eigenvalue weighted by Gasteiger charge is -2.38. The van der Waals surface area contributed by atoms with E-state index in [4.69, 9.17) is 5.73 Å². The molecule has 0 radical (unpaired) electrons. The predicted molar refractivity (Wildman–Crippen MR) is 116 cm³/mol. The molecule has 8 heteroatoms. The van der Waals surface area contributed by atoms with Gasteiger partial charge in [0.25, 0.3) is 0 Å². The fraction of sp³-hybridized carbons (Fsp3) is 0.364. The molecule has 0 aliphatic carbocycles. The van der Waals surface area contributed by atoms with Crippen molar-refractivity contribution in [2.24, 2.45) is 5.92 Å². The van der Waals surface area contributed by atoms with Crippen molar-refractivity contribution in [2.75, 3.05) is 17.6 Å². The molecule has 4 N–H and O–H groups in total. The second-order valence-corrected chi connectivity index (χ2v) is 8.15. The summed E-state index contributed by atoms with van der Waals surface area (Å²) >= 11 is 0. The number of carbonyl (C=O) groups excluding carboxylic acids is 2. The van der Waals surface area contributed by atoms with Crippen LogP contribution in [0.15, 0.2) is 30.5 Å². The molecule has 0 saturated carbocycles. The third-order valence-electron chi connectivity index (χ3n) is 5.87. The number of nitrogen functional groups attached to an aromatic ring is 1. The zero-order chi connectivity index (χ0) is 21.4. The van der Waals surface area contributed by atoms with Gasteiger partial charge in [0, 0.05) is 17.6 Å². The summed E-state index contributed by atoms with van der Waals surface area (Å²) in [6, 6.07) is 7.47. The molecule has 8 nitrogen and oxygen atoms in total. The van der Waals surface area contributed by atoms with Crippen molar-refractivity contribution in [2.45, 2.75) is 39.7 Å². The summed E-state index contributed by atoms with van der Waals surface area (Å²) < 4.78 is 0. The van der Waals surface area contributed by atoms with E-state index < -0.39 is 11.8 Å². The van der Waals surface area contributed by atoms with Crippen LogP contribution in [0.4, 0.5) is 11.5 Å². The summed E-state index contributed by atoms with van der Waals surface area (Å²) in [5, 5.41) is 10.5. The van der Waals surface area contributed by atoms with E-state index in [-0.39, 0.29) is 6.04 Å². The molecule has 1 saturated heterocycles. The normalized spacial score (nSPS) is 19.1. The number of hydrogen-bond acceptors (Lipinski definition) is 5. The van der Waals surface area contributed by atoms with Crippen LogP contribution in [0.5, 0.6) is 0 Å². The summed E-state index contributed by atoms with van der Waals surface area (Å²) in [5.41, 5.74) is 10.1. The fourth-order valence-electron chi connectivity index (χ4n) is 4.01. The SMILES string of the molecule is Cc1cc(NC(=O)C(=O)N2C[C@@H](C)CC[C@@H]2c2ccc3[nH]nc(N)c3c2)cnc1C. The minimum Gasteiger partial charge on any atom is -0.382 e. The van der Waals surface area contributed by atoms with Crippen LogP contribution >= 0.6 is 0 Å². The number of fused-ring (bicyclic) bond motifs is 1. The van der Waals surface area contributed by atoms with Gasteiger partial charge in [0.15, 0.2) is 5.82 Å². The Morgan fingerprint density at radius 1 is 1.23 bits per heavy atom. The van der Waals surface area contributed by atoms with Crippen LogP contribution in [0.3, 0.4) is 0 Å². The zero-order valence-electron chi connectivity index (χ0n) is 17.4. The molecule has 3 aromatic rings. The van der Waals surface area contributed by atoms with Gasteiger partial charge < -0.3 is 16.0 Å². The maximum absolute atomic E-state index is 13.1. The molecule has 1 fully saturated rings. The van der Waals surface area contributed by atoms with E-state index in [9.17, 15) is 9.59 Å². The number of anilines is 2. The van der Waals surface area contributed by atoms with Crippen molar-refractivity contribution in [1.29, 1.82) is 0 Å². The topological polar surface area (TPSA) is 117 Å². The summed E-state index contributed by atoms with van der Waals surface area (Å²) in [6.07, 6.45) is 3.34. The van der Waals surface area contributed by atoms with Crippen molar-refractivity contribution in [1.82, 2.24) is 20.1 Å². The first-order valence-corrected chi connectivity index (χ1v) is 10.1. The van der Waals surface area contributed by atoms with Crippen molar-refractivity contribution in [3.63, 3.8) is 0 Å². The van der Waals surface area contributed by atoms with Gasteiger partial charge >= 0.3 is 11.8 Å². The van der Waals surface area contributed by atoms with E-state index in [0.717, 1.165) is 40.6 Å². The number of benzene rings is 1. The Morgan fingerprint density at radius 2 is 2.03 bits per heavy atom. The summed E-state index contributed by atoms with van der Waals surface area (Å²) in [4.78, 5) is 31.8. The minimum atomic E-state index is -0.650. The molecule has 0 bridgehead atoms. The molecule has 2 amide bonds. The Labute approximate surface area is 174 Å². The lowest BCUT2D eigenvalue weighted by molar-refractivity contribution is -0.146. The fourth-order valence-corrected chi connectivity index (χ4v) is 4.01. The Kier molecular flexibility index (Phi) is 5.15. The van der Waals surface area contributed by atoms with Gasteiger partial charge in [-0.2, -0.15) is 5.10 Å². The van der Waals surface area contributed by atoms with Crippen LogP contribution in [0.25, 0.3) is 10.9 Å². The number of nitrogens with zero attached hydrogens (tertiary/aromatic N) is 3.